The Bertz CT molecular complexity index is 1510. The Morgan fingerprint density at radius 3 is 2.56 bits per heavy atom. The Balaban J connectivity index is 1.71. The summed E-state index contributed by atoms with van der Waals surface area (Å²) in [5.74, 6) is -0.633. The number of hydrogen-bond acceptors (Lipinski definition) is 9. The van der Waals surface area contributed by atoms with E-state index in [1.165, 1.54) is 38.6 Å². The molecule has 11 nitrogen and oxygen atoms in total. The summed E-state index contributed by atoms with van der Waals surface area (Å²) in [5.41, 5.74) is 1.35. The van der Waals surface area contributed by atoms with Crippen LogP contribution in [0.2, 0.25) is 0 Å². The first kappa shape index (κ1) is 24.2. The lowest BCUT2D eigenvalue weighted by molar-refractivity contribution is -0.00177. The van der Waals surface area contributed by atoms with Crippen molar-refractivity contribution in [3.63, 3.8) is 0 Å². The number of anilines is 2. The van der Waals surface area contributed by atoms with E-state index in [9.17, 15) is 14.3 Å². The number of nitriles is 2. The highest BCUT2D eigenvalue weighted by Crippen LogP contribution is 2.27. The number of aliphatic hydroxyl groups is 1. The molecule has 36 heavy (non-hydrogen) atoms. The average Bonchev–Trinajstić information content (AvgIpc) is 3.30. The Hall–Kier alpha value is -4.94. The van der Waals surface area contributed by atoms with Gasteiger partial charge in [0.15, 0.2) is 0 Å². The number of carbonyl (C=O) groups is 1. The van der Waals surface area contributed by atoms with Gasteiger partial charge in [-0.1, -0.05) is 0 Å². The molecular formula is C24H20FN9O2. The van der Waals surface area contributed by atoms with E-state index < -0.39 is 24.2 Å². The van der Waals surface area contributed by atoms with Crippen molar-refractivity contribution in [1.29, 1.82) is 10.5 Å². The number of hydrogen-bond donors (Lipinski definition) is 3. The number of fused-ring (bicyclic) bond motifs is 1. The van der Waals surface area contributed by atoms with E-state index in [1.807, 2.05) is 12.1 Å². The summed E-state index contributed by atoms with van der Waals surface area (Å²) in [6.45, 7) is 2.22. The molecule has 4 heterocycles. The Kier molecular flexibility index (Phi) is 6.54. The minimum atomic E-state index is -1.69. The van der Waals surface area contributed by atoms with Crippen molar-refractivity contribution in [3.05, 3.63) is 66.0 Å². The molecule has 4 aromatic heterocycles. The van der Waals surface area contributed by atoms with Crippen molar-refractivity contribution in [2.75, 3.05) is 11.9 Å². The third-order valence-electron chi connectivity index (χ3n) is 5.28. The van der Waals surface area contributed by atoms with Crippen molar-refractivity contribution in [3.8, 4) is 23.5 Å². The van der Waals surface area contributed by atoms with Crippen LogP contribution in [0.15, 0.2) is 49.1 Å². The maximum absolute atomic E-state index is 14.2. The second-order valence-electron chi connectivity index (χ2n) is 8.39. The number of nitrogens with one attached hydrogen (secondary N) is 2. The second kappa shape index (κ2) is 9.74. The van der Waals surface area contributed by atoms with Crippen LogP contribution in [0.1, 0.15) is 35.6 Å². The van der Waals surface area contributed by atoms with E-state index in [2.05, 4.69) is 30.7 Å². The molecule has 0 aliphatic rings. The molecule has 0 aliphatic heterocycles. The van der Waals surface area contributed by atoms with Gasteiger partial charge in [0.25, 0.3) is 5.91 Å². The Labute approximate surface area is 204 Å². The molecule has 0 aromatic carbocycles. The Morgan fingerprint density at radius 1 is 1.14 bits per heavy atom. The lowest BCUT2D eigenvalue weighted by Crippen LogP contribution is -2.42. The van der Waals surface area contributed by atoms with Crippen LogP contribution in [0.4, 0.5) is 15.8 Å². The number of aromatic nitrogens is 5. The van der Waals surface area contributed by atoms with Gasteiger partial charge in [0.2, 0.25) is 5.82 Å². The van der Waals surface area contributed by atoms with Gasteiger partial charge in [-0.3, -0.25) is 9.78 Å². The molecule has 1 atom stereocenters. The molecule has 0 saturated heterocycles. The van der Waals surface area contributed by atoms with Gasteiger partial charge >= 0.3 is 0 Å². The lowest BCUT2D eigenvalue weighted by atomic mass is 10.0. The van der Waals surface area contributed by atoms with E-state index in [0.29, 0.717) is 33.8 Å². The first-order valence-electron chi connectivity index (χ1n) is 10.7. The average molecular weight is 485 g/mol. The van der Waals surface area contributed by atoms with Crippen LogP contribution in [0, 0.1) is 22.7 Å². The molecule has 0 unspecified atom stereocenters. The molecule has 12 heteroatoms. The topological polar surface area (TPSA) is 165 Å². The lowest BCUT2D eigenvalue weighted by Gasteiger charge is -2.22. The van der Waals surface area contributed by atoms with E-state index >= 15 is 0 Å². The van der Waals surface area contributed by atoms with Gasteiger partial charge in [-0.15, -0.1) is 0 Å². The Morgan fingerprint density at radius 2 is 1.89 bits per heavy atom. The molecule has 0 saturated carbocycles. The molecule has 180 valence electrons. The summed E-state index contributed by atoms with van der Waals surface area (Å²) in [4.78, 5) is 25.1. The fourth-order valence-corrected chi connectivity index (χ4v) is 3.27. The normalized spacial score (nSPS) is 11.9. The van der Waals surface area contributed by atoms with Crippen molar-refractivity contribution >= 4 is 22.8 Å². The highest BCUT2D eigenvalue weighted by Gasteiger charge is 2.27. The molecule has 4 rings (SSSR count). The zero-order chi connectivity index (χ0) is 25.9. The van der Waals surface area contributed by atoms with Crippen LogP contribution in [0.3, 0.4) is 0 Å². The van der Waals surface area contributed by atoms with Crippen molar-refractivity contribution in [2.24, 2.45) is 0 Å². The van der Waals surface area contributed by atoms with Gasteiger partial charge in [-0.25, -0.2) is 18.9 Å². The van der Waals surface area contributed by atoms with E-state index in [-0.39, 0.29) is 11.4 Å². The fraction of sp³-hybridized carbons (Fsp3) is 0.208. The summed E-state index contributed by atoms with van der Waals surface area (Å²) in [6.07, 6.45) is 3.85. The highest BCUT2D eigenvalue weighted by atomic mass is 19.1. The summed E-state index contributed by atoms with van der Waals surface area (Å²) in [6, 6.07) is 10.7. The maximum atomic E-state index is 14.2. The minimum Gasteiger partial charge on any atom is -0.387 e. The van der Waals surface area contributed by atoms with E-state index in [4.69, 9.17) is 10.5 Å². The van der Waals surface area contributed by atoms with Crippen LogP contribution in [0.5, 0.6) is 0 Å². The minimum absolute atomic E-state index is 0.0167. The third-order valence-corrected chi connectivity index (χ3v) is 5.28. The standard InChI is InChI=1S/C24H20FN9O2/c1-24(2,36)21(25)13-31-23(35)17-12-28-19(6-18(17)33-15-10-29-22(8-27)30-11-15)20-4-3-16-5-14(7-26)9-32-34(16)20/h3-6,9-12,21,36H,13H2,1-2H3,(H,28,33)(H,31,35)/t21-/m1/s1. The van der Waals surface area contributed by atoms with Gasteiger partial charge in [0, 0.05) is 6.20 Å². The molecule has 0 bridgehead atoms. The van der Waals surface area contributed by atoms with Crippen molar-refractivity contribution in [1.82, 2.24) is 29.9 Å². The number of alkyl halides is 1. The van der Waals surface area contributed by atoms with Gasteiger partial charge in [-0.2, -0.15) is 15.6 Å². The van der Waals surface area contributed by atoms with Gasteiger partial charge < -0.3 is 15.7 Å². The molecule has 0 radical (unpaired) electrons. The molecular weight excluding hydrogens is 465 g/mol. The molecule has 4 aromatic rings. The first-order chi connectivity index (χ1) is 17.2. The monoisotopic (exact) mass is 485 g/mol. The fourth-order valence-electron chi connectivity index (χ4n) is 3.27. The van der Waals surface area contributed by atoms with E-state index in [1.54, 1.807) is 28.8 Å². The molecule has 1 amide bonds. The number of nitrogens with zero attached hydrogens (tertiary/aromatic N) is 7. The summed E-state index contributed by atoms with van der Waals surface area (Å²) < 4.78 is 15.8. The van der Waals surface area contributed by atoms with Crippen molar-refractivity contribution in [2.45, 2.75) is 25.6 Å². The molecule has 0 fully saturated rings. The summed E-state index contributed by atoms with van der Waals surface area (Å²) >= 11 is 0. The number of carbonyl (C=O) groups excluding carboxylic acids is 1. The van der Waals surface area contributed by atoms with E-state index in [0.717, 1.165) is 0 Å². The first-order valence-corrected chi connectivity index (χ1v) is 10.7. The van der Waals surface area contributed by atoms with Crippen LogP contribution < -0.4 is 10.6 Å². The number of rotatable bonds is 7. The molecule has 3 N–H and O–H groups in total. The number of amides is 1. The quantitative estimate of drug-likeness (QED) is 0.356. The highest BCUT2D eigenvalue weighted by molar-refractivity contribution is 6.00. The summed E-state index contributed by atoms with van der Waals surface area (Å²) in [5, 5.41) is 37.6. The predicted octanol–water partition coefficient (Wildman–Crippen LogP) is 2.51. The molecule has 0 aliphatic carbocycles. The van der Waals surface area contributed by atoms with Crippen LogP contribution >= 0.6 is 0 Å². The van der Waals surface area contributed by atoms with Crippen LogP contribution in [-0.4, -0.2) is 53.9 Å². The molecule has 0 spiro atoms. The SMILES string of the molecule is CC(C)(O)[C@H](F)CNC(=O)c1cnc(-c2ccc3cc(C#N)cnn23)cc1Nc1cnc(C#N)nc1. The predicted molar refractivity (Wildman–Crippen MR) is 127 cm³/mol. The number of pyridine rings is 1. The van der Waals surface area contributed by atoms with Crippen LogP contribution in [-0.2, 0) is 0 Å². The maximum Gasteiger partial charge on any atom is 0.255 e. The smallest absolute Gasteiger partial charge is 0.255 e. The van der Waals surface area contributed by atoms with Crippen LogP contribution in [0.25, 0.3) is 16.9 Å². The van der Waals surface area contributed by atoms with Crippen molar-refractivity contribution < 1.29 is 14.3 Å². The zero-order valence-corrected chi connectivity index (χ0v) is 19.3. The summed E-state index contributed by atoms with van der Waals surface area (Å²) in [7, 11) is 0. The third kappa shape index (κ3) is 5.09. The second-order valence-corrected chi connectivity index (χ2v) is 8.39. The van der Waals surface area contributed by atoms with Gasteiger partial charge in [-0.05, 0) is 38.1 Å². The van der Waals surface area contributed by atoms with Gasteiger partial charge in [0.05, 0.1) is 70.1 Å². The largest absolute Gasteiger partial charge is 0.387 e. The zero-order valence-electron chi connectivity index (χ0n) is 19.3. The van der Waals surface area contributed by atoms with Gasteiger partial charge in [0.1, 0.15) is 18.3 Å². The number of halogens is 1.